The van der Waals surface area contributed by atoms with Crippen LogP contribution >= 0.6 is 11.8 Å². The van der Waals surface area contributed by atoms with Crippen molar-refractivity contribution in [3.63, 3.8) is 0 Å². The largest absolute Gasteiger partial charge is 0.378 e. The van der Waals surface area contributed by atoms with E-state index < -0.39 is 0 Å². The molecule has 0 aliphatic carbocycles. The highest BCUT2D eigenvalue weighted by Gasteiger charge is 2.03. The Morgan fingerprint density at radius 1 is 1.19 bits per heavy atom. The minimum absolute atomic E-state index is 0.0597. The van der Waals surface area contributed by atoms with Crippen LogP contribution in [-0.4, -0.2) is 15.6 Å². The summed E-state index contributed by atoms with van der Waals surface area (Å²) in [5.41, 5.74) is 2.40. The maximum atomic E-state index is 12.0. The number of nitrogens with zero attached hydrogens (tertiary/aromatic N) is 2. The Labute approximate surface area is 126 Å². The van der Waals surface area contributed by atoms with Crippen molar-refractivity contribution < 1.29 is 0 Å². The third-order valence-corrected chi connectivity index (χ3v) is 3.99. The third-order valence-electron chi connectivity index (χ3n) is 3.19. The first-order chi connectivity index (χ1) is 10.3. The molecule has 0 fully saturated rings. The van der Waals surface area contributed by atoms with Crippen molar-refractivity contribution in [2.45, 2.75) is 11.4 Å². The van der Waals surface area contributed by atoms with E-state index in [4.69, 9.17) is 0 Å². The Balaban J connectivity index is 1.87. The molecule has 0 unspecified atom stereocenters. The first-order valence-electron chi connectivity index (χ1n) is 6.62. The average molecular weight is 297 g/mol. The molecule has 106 valence electrons. The first kappa shape index (κ1) is 13.7. The van der Waals surface area contributed by atoms with Gasteiger partial charge in [0.1, 0.15) is 5.65 Å². The predicted octanol–water partition coefficient (Wildman–Crippen LogP) is 3.03. The lowest BCUT2D eigenvalue weighted by Crippen LogP contribution is -2.16. The second kappa shape index (κ2) is 6.01. The van der Waals surface area contributed by atoms with Gasteiger partial charge in [-0.15, -0.1) is 11.8 Å². The number of nitrogens with one attached hydrogen (secondary N) is 1. The van der Waals surface area contributed by atoms with Crippen molar-refractivity contribution in [2.75, 3.05) is 11.6 Å². The van der Waals surface area contributed by atoms with E-state index in [1.165, 1.54) is 4.90 Å². The molecule has 2 heterocycles. The molecule has 1 N–H and O–H groups in total. The third kappa shape index (κ3) is 2.92. The van der Waals surface area contributed by atoms with Crippen LogP contribution in [0.5, 0.6) is 0 Å². The van der Waals surface area contributed by atoms with Crippen LogP contribution in [0.3, 0.4) is 0 Å². The van der Waals surface area contributed by atoms with Gasteiger partial charge in [0.05, 0.1) is 12.2 Å². The van der Waals surface area contributed by atoms with Crippen LogP contribution in [0.2, 0.25) is 0 Å². The lowest BCUT2D eigenvalue weighted by Gasteiger charge is -2.10. The van der Waals surface area contributed by atoms with E-state index in [9.17, 15) is 4.79 Å². The summed E-state index contributed by atoms with van der Waals surface area (Å²) in [5.74, 6) is 0. The smallest absolute Gasteiger partial charge is 0.258 e. The number of hydrogen-bond donors (Lipinski definition) is 1. The molecule has 0 radical (unpaired) electrons. The fraction of sp³-hybridized carbons (Fsp3) is 0.125. The number of rotatable bonds is 4. The Kier molecular flexibility index (Phi) is 3.92. The average Bonchev–Trinajstić information content (AvgIpc) is 2.53. The highest BCUT2D eigenvalue weighted by Crippen LogP contribution is 2.24. The molecule has 21 heavy (non-hydrogen) atoms. The van der Waals surface area contributed by atoms with Gasteiger partial charge in [-0.25, -0.2) is 4.98 Å². The maximum Gasteiger partial charge on any atom is 0.258 e. The zero-order valence-corrected chi connectivity index (χ0v) is 12.4. The maximum absolute atomic E-state index is 12.0. The van der Waals surface area contributed by atoms with E-state index in [-0.39, 0.29) is 5.56 Å². The molecule has 3 aromatic rings. The molecule has 0 aliphatic rings. The Morgan fingerprint density at radius 3 is 2.86 bits per heavy atom. The van der Waals surface area contributed by atoms with Gasteiger partial charge >= 0.3 is 0 Å². The zero-order valence-electron chi connectivity index (χ0n) is 11.6. The van der Waals surface area contributed by atoms with Crippen molar-refractivity contribution in [1.29, 1.82) is 0 Å². The molecule has 0 bridgehead atoms. The predicted molar refractivity (Wildman–Crippen MR) is 87.0 cm³/mol. The monoisotopic (exact) mass is 297 g/mol. The molecule has 0 atom stereocenters. The van der Waals surface area contributed by atoms with Crippen LogP contribution in [0.15, 0.2) is 64.4 Å². The molecule has 0 spiro atoms. The molecule has 5 heteroatoms. The minimum Gasteiger partial charge on any atom is -0.378 e. The zero-order chi connectivity index (χ0) is 14.7. The van der Waals surface area contributed by atoms with Crippen molar-refractivity contribution in [2.24, 2.45) is 0 Å². The fourth-order valence-corrected chi connectivity index (χ4v) is 2.74. The Hall–Kier alpha value is -2.27. The summed E-state index contributed by atoms with van der Waals surface area (Å²) in [6, 6.07) is 15.2. The number of aromatic nitrogens is 2. The van der Waals surface area contributed by atoms with Gasteiger partial charge in [0.25, 0.3) is 5.56 Å². The number of anilines is 1. The highest BCUT2D eigenvalue weighted by atomic mass is 32.2. The van der Waals surface area contributed by atoms with Gasteiger partial charge in [-0.05, 0) is 30.5 Å². The number of fused-ring (bicyclic) bond motifs is 1. The van der Waals surface area contributed by atoms with Gasteiger partial charge in [-0.3, -0.25) is 9.20 Å². The fourth-order valence-electron chi connectivity index (χ4n) is 2.17. The van der Waals surface area contributed by atoms with Gasteiger partial charge < -0.3 is 5.32 Å². The summed E-state index contributed by atoms with van der Waals surface area (Å²) >= 11 is 1.69. The number of benzene rings is 1. The van der Waals surface area contributed by atoms with Crippen molar-refractivity contribution in [3.05, 3.63) is 70.8 Å². The Morgan fingerprint density at radius 2 is 2.00 bits per heavy atom. The van der Waals surface area contributed by atoms with E-state index in [1.54, 1.807) is 28.4 Å². The number of pyridine rings is 1. The topological polar surface area (TPSA) is 46.4 Å². The summed E-state index contributed by atoms with van der Waals surface area (Å²) in [7, 11) is 0. The summed E-state index contributed by atoms with van der Waals surface area (Å²) in [6.45, 7) is 0.526. The lowest BCUT2D eigenvalue weighted by molar-refractivity contribution is 0.969. The quantitative estimate of drug-likeness (QED) is 0.752. The van der Waals surface area contributed by atoms with Gasteiger partial charge in [-0.2, -0.15) is 0 Å². The molecule has 1 aromatic carbocycles. The standard InChI is InChI=1S/C16H15N3OS/c1-21-14-7-3-2-6-13(14)17-11-12-10-16(20)19-9-5-4-8-15(19)18-12/h2-10,17H,11H2,1H3. The summed E-state index contributed by atoms with van der Waals surface area (Å²) in [4.78, 5) is 17.7. The summed E-state index contributed by atoms with van der Waals surface area (Å²) in [6.07, 6.45) is 3.77. The van der Waals surface area contributed by atoms with Crippen LogP contribution in [0, 0.1) is 0 Å². The summed E-state index contributed by atoms with van der Waals surface area (Å²) < 4.78 is 1.54. The molecule has 4 nitrogen and oxygen atoms in total. The molecule has 0 aliphatic heterocycles. The molecular weight excluding hydrogens is 282 g/mol. The van der Waals surface area contributed by atoms with E-state index in [0.717, 1.165) is 11.4 Å². The van der Waals surface area contributed by atoms with E-state index >= 15 is 0 Å². The molecule has 0 amide bonds. The second-order valence-electron chi connectivity index (χ2n) is 4.57. The van der Waals surface area contributed by atoms with E-state index in [1.807, 2.05) is 42.7 Å². The van der Waals surface area contributed by atoms with Crippen molar-refractivity contribution in [1.82, 2.24) is 9.38 Å². The summed E-state index contributed by atoms with van der Waals surface area (Å²) in [5, 5.41) is 3.34. The van der Waals surface area contributed by atoms with Gasteiger partial charge in [-0.1, -0.05) is 18.2 Å². The molecule has 3 rings (SSSR count). The number of hydrogen-bond acceptors (Lipinski definition) is 4. The molecular formula is C16H15N3OS. The highest BCUT2D eigenvalue weighted by molar-refractivity contribution is 7.98. The van der Waals surface area contributed by atoms with Crippen molar-refractivity contribution in [3.8, 4) is 0 Å². The molecule has 0 saturated heterocycles. The second-order valence-corrected chi connectivity index (χ2v) is 5.42. The van der Waals surface area contributed by atoms with Crippen molar-refractivity contribution >= 4 is 23.1 Å². The van der Waals surface area contributed by atoms with Crippen LogP contribution in [-0.2, 0) is 6.54 Å². The molecule has 2 aromatic heterocycles. The van der Waals surface area contributed by atoms with E-state index in [2.05, 4.69) is 16.4 Å². The lowest BCUT2D eigenvalue weighted by atomic mass is 10.3. The van der Waals surface area contributed by atoms with Gasteiger partial charge in [0, 0.05) is 22.8 Å². The van der Waals surface area contributed by atoms with Crippen LogP contribution in [0.25, 0.3) is 5.65 Å². The minimum atomic E-state index is -0.0597. The van der Waals surface area contributed by atoms with Gasteiger partial charge in [0.15, 0.2) is 0 Å². The van der Waals surface area contributed by atoms with E-state index in [0.29, 0.717) is 12.2 Å². The Bertz CT molecular complexity index is 829. The number of thioether (sulfide) groups is 1. The first-order valence-corrected chi connectivity index (χ1v) is 7.84. The number of para-hydroxylation sites is 1. The van der Waals surface area contributed by atoms with Crippen LogP contribution in [0.4, 0.5) is 5.69 Å². The SMILES string of the molecule is CSc1ccccc1NCc1cc(=O)n2ccccc2n1. The normalized spacial score (nSPS) is 10.7. The molecule has 0 saturated carbocycles. The van der Waals surface area contributed by atoms with Gasteiger partial charge in [0.2, 0.25) is 0 Å². The van der Waals surface area contributed by atoms with Crippen LogP contribution in [0.1, 0.15) is 5.69 Å². The van der Waals surface area contributed by atoms with Crippen LogP contribution < -0.4 is 10.9 Å².